The van der Waals surface area contributed by atoms with Gasteiger partial charge in [0.1, 0.15) is 0 Å². The third-order valence-electron chi connectivity index (χ3n) is 2.48. The second kappa shape index (κ2) is 5.19. The van der Waals surface area contributed by atoms with Gasteiger partial charge in [0.15, 0.2) is 8.68 Å². The van der Waals surface area contributed by atoms with Gasteiger partial charge in [0.2, 0.25) is 0 Å². The minimum absolute atomic E-state index is 0.240. The van der Waals surface area contributed by atoms with Crippen LogP contribution in [0.5, 0.6) is 0 Å². The third-order valence-corrected chi connectivity index (χ3v) is 6.23. The van der Waals surface area contributed by atoms with Crippen LogP contribution in [0.15, 0.2) is 4.21 Å². The Bertz CT molecular complexity index is 492. The summed E-state index contributed by atoms with van der Waals surface area (Å²) in [7, 11) is -3.47. The third kappa shape index (κ3) is 2.79. The van der Waals surface area contributed by atoms with Gasteiger partial charge in [0.25, 0.3) is 10.0 Å². The van der Waals surface area contributed by atoms with Gasteiger partial charge in [-0.25, -0.2) is 13.4 Å². The number of rotatable bonds is 2. The minimum atomic E-state index is -3.47. The molecule has 5 nitrogen and oxygen atoms in total. The Kier molecular flexibility index (Phi) is 4.04. The molecule has 1 fully saturated rings. The summed E-state index contributed by atoms with van der Waals surface area (Å²) < 4.78 is 31.9. The molecule has 0 amide bonds. The molecule has 1 aliphatic heterocycles. The Labute approximate surface area is 109 Å². The van der Waals surface area contributed by atoms with Crippen LogP contribution in [0.2, 0.25) is 4.47 Å². The van der Waals surface area contributed by atoms with Crippen molar-refractivity contribution in [3.05, 3.63) is 10.2 Å². The van der Waals surface area contributed by atoms with Crippen LogP contribution in [0.3, 0.4) is 0 Å². The maximum Gasteiger partial charge on any atom is 0.254 e. The first-order chi connectivity index (χ1) is 8.01. The number of sulfonamides is 1. The monoisotopic (exact) mass is 296 g/mol. The predicted molar refractivity (Wildman–Crippen MR) is 66.1 cm³/mol. The molecule has 2 rings (SSSR count). The fourth-order valence-corrected chi connectivity index (χ4v) is 5.01. The van der Waals surface area contributed by atoms with E-state index in [0.717, 1.165) is 11.3 Å². The van der Waals surface area contributed by atoms with Gasteiger partial charge in [-0.1, -0.05) is 22.9 Å². The average Bonchev–Trinajstić information content (AvgIpc) is 2.52. The van der Waals surface area contributed by atoms with E-state index in [2.05, 4.69) is 4.98 Å². The minimum Gasteiger partial charge on any atom is -0.380 e. The molecule has 0 spiro atoms. The van der Waals surface area contributed by atoms with Crippen LogP contribution in [-0.2, 0) is 14.8 Å². The first-order valence-corrected chi connectivity index (χ1v) is 7.86. The molecule has 0 radical (unpaired) electrons. The topological polar surface area (TPSA) is 59.5 Å². The van der Waals surface area contributed by atoms with Crippen molar-refractivity contribution >= 4 is 33.0 Å². The highest BCUT2D eigenvalue weighted by Crippen LogP contribution is 2.29. The zero-order valence-corrected chi connectivity index (χ0v) is 11.7. The maximum absolute atomic E-state index is 12.4. The fraction of sp³-hybridized carbons (Fsp3) is 0.667. The second-order valence-corrected chi connectivity index (χ2v) is 7.42. The van der Waals surface area contributed by atoms with Crippen molar-refractivity contribution in [2.24, 2.45) is 0 Å². The lowest BCUT2D eigenvalue weighted by Gasteiger charge is -2.18. The lowest BCUT2D eigenvalue weighted by molar-refractivity contribution is 0.148. The van der Waals surface area contributed by atoms with Crippen LogP contribution in [0.25, 0.3) is 0 Å². The van der Waals surface area contributed by atoms with E-state index in [1.54, 1.807) is 6.92 Å². The summed E-state index contributed by atoms with van der Waals surface area (Å²) in [5.74, 6) is 0. The first kappa shape index (κ1) is 13.2. The maximum atomic E-state index is 12.4. The molecular weight excluding hydrogens is 284 g/mol. The summed E-state index contributed by atoms with van der Waals surface area (Å²) in [5, 5.41) is 0. The Morgan fingerprint density at radius 2 is 2.18 bits per heavy atom. The van der Waals surface area contributed by atoms with Crippen LogP contribution in [0, 0.1) is 6.92 Å². The van der Waals surface area contributed by atoms with E-state index in [4.69, 9.17) is 16.3 Å². The van der Waals surface area contributed by atoms with E-state index in [1.165, 1.54) is 4.31 Å². The molecule has 0 aromatic carbocycles. The molecule has 17 heavy (non-hydrogen) atoms. The first-order valence-electron chi connectivity index (χ1n) is 5.22. The van der Waals surface area contributed by atoms with E-state index in [9.17, 15) is 8.42 Å². The lowest BCUT2D eigenvalue weighted by atomic mass is 10.5. The van der Waals surface area contributed by atoms with Gasteiger partial charge in [-0.3, -0.25) is 0 Å². The van der Waals surface area contributed by atoms with E-state index >= 15 is 0 Å². The van der Waals surface area contributed by atoms with Crippen LogP contribution in [-0.4, -0.2) is 44.0 Å². The normalized spacial score (nSPS) is 19.2. The molecule has 0 unspecified atom stereocenters. The number of halogens is 1. The Morgan fingerprint density at radius 3 is 2.82 bits per heavy atom. The standard InChI is InChI=1S/C9H13ClN2O3S2/c1-7-8(16-9(10)11-7)17(13,14)12-3-2-5-15-6-4-12/h2-6H2,1H3. The highest BCUT2D eigenvalue weighted by molar-refractivity contribution is 7.91. The van der Waals surface area contributed by atoms with Crippen molar-refractivity contribution in [2.75, 3.05) is 26.3 Å². The van der Waals surface area contributed by atoms with Crippen LogP contribution in [0.1, 0.15) is 12.1 Å². The van der Waals surface area contributed by atoms with Crippen molar-refractivity contribution in [1.82, 2.24) is 9.29 Å². The molecule has 0 atom stereocenters. The molecule has 8 heteroatoms. The Balaban J connectivity index is 2.31. The summed E-state index contributed by atoms with van der Waals surface area (Å²) in [6.45, 7) is 3.57. The quantitative estimate of drug-likeness (QED) is 0.830. The Morgan fingerprint density at radius 1 is 1.41 bits per heavy atom. The smallest absolute Gasteiger partial charge is 0.254 e. The second-order valence-electron chi connectivity index (χ2n) is 3.71. The van der Waals surface area contributed by atoms with Crippen molar-refractivity contribution in [2.45, 2.75) is 17.6 Å². The van der Waals surface area contributed by atoms with Gasteiger partial charge >= 0.3 is 0 Å². The molecule has 0 saturated carbocycles. The predicted octanol–water partition coefficient (Wildman–Crippen LogP) is 1.52. The molecule has 96 valence electrons. The summed E-state index contributed by atoms with van der Waals surface area (Å²) >= 11 is 6.75. The van der Waals surface area contributed by atoms with Crippen LogP contribution in [0.4, 0.5) is 0 Å². The molecule has 1 aromatic rings. The molecule has 1 aromatic heterocycles. The number of ether oxygens (including phenoxy) is 1. The SMILES string of the molecule is Cc1nc(Cl)sc1S(=O)(=O)N1CCCOCC1. The molecule has 2 heterocycles. The summed E-state index contributed by atoms with van der Waals surface area (Å²) in [6, 6.07) is 0. The van der Waals surface area contributed by atoms with Crippen molar-refractivity contribution in [3.63, 3.8) is 0 Å². The highest BCUT2D eigenvalue weighted by Gasteiger charge is 2.29. The fourth-order valence-electron chi connectivity index (χ4n) is 1.67. The molecule has 1 saturated heterocycles. The van der Waals surface area contributed by atoms with E-state index in [0.29, 0.717) is 38.4 Å². The summed E-state index contributed by atoms with van der Waals surface area (Å²) in [6.07, 6.45) is 0.713. The molecule has 1 aliphatic rings. The number of hydrogen-bond acceptors (Lipinski definition) is 5. The largest absolute Gasteiger partial charge is 0.380 e. The van der Waals surface area contributed by atoms with E-state index in [1.807, 2.05) is 0 Å². The molecular formula is C9H13ClN2O3S2. The number of aryl methyl sites for hydroxylation is 1. The number of thiazole rings is 1. The molecule has 0 aliphatic carbocycles. The highest BCUT2D eigenvalue weighted by atomic mass is 35.5. The average molecular weight is 297 g/mol. The van der Waals surface area contributed by atoms with Crippen LogP contribution >= 0.6 is 22.9 Å². The van der Waals surface area contributed by atoms with Gasteiger partial charge in [-0.05, 0) is 13.3 Å². The van der Waals surface area contributed by atoms with Gasteiger partial charge in [0, 0.05) is 19.7 Å². The number of hydrogen-bond donors (Lipinski definition) is 0. The van der Waals surface area contributed by atoms with E-state index < -0.39 is 10.0 Å². The Hall–Kier alpha value is -0.210. The molecule has 0 N–H and O–H groups in total. The molecule has 0 bridgehead atoms. The number of nitrogens with zero attached hydrogens (tertiary/aromatic N) is 2. The zero-order chi connectivity index (χ0) is 12.5. The van der Waals surface area contributed by atoms with Gasteiger partial charge in [-0.15, -0.1) is 0 Å². The van der Waals surface area contributed by atoms with Crippen molar-refractivity contribution in [3.8, 4) is 0 Å². The van der Waals surface area contributed by atoms with Crippen LogP contribution < -0.4 is 0 Å². The van der Waals surface area contributed by atoms with Gasteiger partial charge in [-0.2, -0.15) is 4.31 Å². The lowest BCUT2D eigenvalue weighted by Crippen LogP contribution is -2.33. The summed E-state index contributed by atoms with van der Waals surface area (Å²) in [5.41, 5.74) is 0.463. The van der Waals surface area contributed by atoms with Crippen molar-refractivity contribution < 1.29 is 13.2 Å². The zero-order valence-electron chi connectivity index (χ0n) is 9.35. The van der Waals surface area contributed by atoms with Gasteiger partial charge in [0.05, 0.1) is 12.3 Å². The van der Waals surface area contributed by atoms with Gasteiger partial charge < -0.3 is 4.74 Å². The number of aromatic nitrogens is 1. The van der Waals surface area contributed by atoms with E-state index in [-0.39, 0.29) is 8.68 Å². The summed E-state index contributed by atoms with van der Waals surface area (Å²) in [4.78, 5) is 3.94. The van der Waals surface area contributed by atoms with Crippen molar-refractivity contribution in [1.29, 1.82) is 0 Å².